The summed E-state index contributed by atoms with van der Waals surface area (Å²) in [5.74, 6) is 0. The zero-order valence-corrected chi connectivity index (χ0v) is 19.3. The average molecular weight is 482 g/mol. The van der Waals surface area contributed by atoms with Crippen molar-refractivity contribution in [3.63, 3.8) is 0 Å². The molecule has 5 rings (SSSR count). The molecule has 0 fully saturated rings. The minimum atomic E-state index is -3.07. The number of hydrogen-bond acceptors (Lipinski definition) is 0. The Morgan fingerprint density at radius 3 is 1.36 bits per heavy atom. The lowest BCUT2D eigenvalue weighted by Crippen LogP contribution is -2.28. The summed E-state index contributed by atoms with van der Waals surface area (Å²) in [7, 11) is -6.15. The molecule has 0 heterocycles. The maximum atomic E-state index is 13.3. The fraction of sp³-hybridized carbons (Fsp3) is 0.111. The van der Waals surface area contributed by atoms with Gasteiger partial charge in [-0.05, 0) is 44.5 Å². The first-order chi connectivity index (χ1) is 16.0. The molecule has 0 aromatic heterocycles. The van der Waals surface area contributed by atoms with Gasteiger partial charge in [0.25, 0.3) is 17.1 Å². The topological polar surface area (TPSA) is 0 Å². The summed E-state index contributed by atoms with van der Waals surface area (Å²) in [6.07, 6.45) is -0.535. The van der Waals surface area contributed by atoms with E-state index in [1.807, 2.05) is 60.7 Å². The quantitative estimate of drug-likeness (QED) is 0.167. The Hall–Kier alpha value is -2.54. The third kappa shape index (κ3) is 3.90. The van der Waals surface area contributed by atoms with Crippen LogP contribution in [0.5, 0.6) is 0 Å². The van der Waals surface area contributed by atoms with Gasteiger partial charge in [-0.1, -0.05) is 97.1 Å². The highest BCUT2D eigenvalue weighted by Crippen LogP contribution is 2.56. The van der Waals surface area contributed by atoms with Crippen molar-refractivity contribution in [2.45, 2.75) is 17.7 Å². The molecular formula is C27H20F4P2. The van der Waals surface area contributed by atoms with Gasteiger partial charge in [0, 0.05) is 0 Å². The van der Waals surface area contributed by atoms with Crippen molar-refractivity contribution in [2.24, 2.45) is 0 Å². The van der Waals surface area contributed by atoms with Crippen LogP contribution in [-0.2, 0) is 17.7 Å². The second-order valence-corrected chi connectivity index (χ2v) is 10.0. The van der Waals surface area contributed by atoms with E-state index in [0.29, 0.717) is 11.1 Å². The number of fused-ring (bicyclic) bond motifs is 3. The summed E-state index contributed by atoms with van der Waals surface area (Å²) >= 11 is 0. The van der Waals surface area contributed by atoms with Crippen LogP contribution in [0.4, 0.5) is 16.8 Å². The predicted octanol–water partition coefficient (Wildman–Crippen LogP) is 9.55. The van der Waals surface area contributed by atoms with Crippen molar-refractivity contribution in [3.8, 4) is 11.1 Å². The number of hydrogen-bond donors (Lipinski definition) is 0. The standard InChI is InChI=1S/C27H20F4P2/c28-32(29)17-19-7-5-9-21(15-19)27(22-10-6-8-20(16-22)18-33(30)31)25-13-3-1-11-23(25)24-12-2-4-14-26(24)27/h1-16H,17-18H2. The van der Waals surface area contributed by atoms with E-state index in [4.69, 9.17) is 0 Å². The molecule has 1 aliphatic carbocycles. The van der Waals surface area contributed by atoms with Gasteiger partial charge in [0.05, 0.1) is 17.7 Å². The summed E-state index contributed by atoms with van der Waals surface area (Å²) < 4.78 is 53.2. The maximum absolute atomic E-state index is 13.3. The molecule has 0 atom stereocenters. The molecule has 4 aromatic carbocycles. The van der Waals surface area contributed by atoms with Crippen molar-refractivity contribution in [1.29, 1.82) is 0 Å². The third-order valence-electron chi connectivity index (χ3n) is 6.28. The first-order valence-corrected chi connectivity index (χ1v) is 13.2. The maximum Gasteiger partial charge on any atom is 0.270 e. The van der Waals surface area contributed by atoms with Gasteiger partial charge in [-0.3, -0.25) is 0 Å². The van der Waals surface area contributed by atoms with Gasteiger partial charge in [-0.15, -0.1) is 0 Å². The summed E-state index contributed by atoms with van der Waals surface area (Å²) in [6.45, 7) is 0. The Balaban J connectivity index is 1.84. The van der Waals surface area contributed by atoms with E-state index < -0.39 is 22.5 Å². The lowest BCUT2D eigenvalue weighted by molar-refractivity contribution is 0.737. The van der Waals surface area contributed by atoms with Gasteiger partial charge in [-0.2, -0.15) is 16.8 Å². The molecule has 0 saturated heterocycles. The Morgan fingerprint density at radius 2 is 0.939 bits per heavy atom. The molecule has 166 valence electrons. The van der Waals surface area contributed by atoms with Gasteiger partial charge < -0.3 is 0 Å². The Labute approximate surface area is 193 Å². The number of benzene rings is 4. The van der Waals surface area contributed by atoms with E-state index in [0.717, 1.165) is 33.4 Å². The second kappa shape index (κ2) is 9.01. The summed E-state index contributed by atoms with van der Waals surface area (Å²) in [4.78, 5) is 0. The Bertz CT molecular complexity index is 1200. The second-order valence-electron chi connectivity index (χ2n) is 8.16. The molecule has 0 amide bonds. The molecule has 4 aromatic rings. The molecule has 6 heteroatoms. The molecule has 33 heavy (non-hydrogen) atoms. The highest BCUT2D eigenvalue weighted by molar-refractivity contribution is 7.45. The first-order valence-electron chi connectivity index (χ1n) is 10.6. The summed E-state index contributed by atoms with van der Waals surface area (Å²) in [5, 5.41) is 0. The van der Waals surface area contributed by atoms with Crippen LogP contribution in [-0.4, -0.2) is 0 Å². The molecule has 0 aliphatic heterocycles. The number of rotatable bonds is 6. The van der Waals surface area contributed by atoms with Gasteiger partial charge in [0.15, 0.2) is 0 Å². The van der Waals surface area contributed by atoms with Crippen molar-refractivity contribution >= 4 is 17.1 Å². The summed E-state index contributed by atoms with van der Waals surface area (Å²) in [5.41, 5.74) is 6.33. The zero-order valence-electron chi connectivity index (χ0n) is 17.6. The molecule has 0 N–H and O–H groups in total. The summed E-state index contributed by atoms with van der Waals surface area (Å²) in [6, 6.07) is 30.9. The lowest BCUT2D eigenvalue weighted by atomic mass is 9.67. The van der Waals surface area contributed by atoms with Crippen LogP contribution >= 0.6 is 17.1 Å². The highest BCUT2D eigenvalue weighted by atomic mass is 31.2. The Kier molecular flexibility index (Phi) is 6.08. The highest BCUT2D eigenvalue weighted by Gasteiger charge is 2.46. The van der Waals surface area contributed by atoms with E-state index in [-0.39, 0.29) is 12.3 Å². The zero-order chi connectivity index (χ0) is 23.0. The van der Waals surface area contributed by atoms with Crippen LogP contribution in [0.15, 0.2) is 97.1 Å². The van der Waals surface area contributed by atoms with E-state index in [9.17, 15) is 16.8 Å². The van der Waals surface area contributed by atoms with Crippen molar-refractivity contribution in [2.75, 3.05) is 0 Å². The van der Waals surface area contributed by atoms with Crippen LogP contribution < -0.4 is 0 Å². The normalized spacial score (nSPS) is 13.9. The van der Waals surface area contributed by atoms with Gasteiger partial charge >= 0.3 is 0 Å². The van der Waals surface area contributed by atoms with E-state index in [2.05, 4.69) is 24.3 Å². The first kappa shape index (κ1) is 22.3. The van der Waals surface area contributed by atoms with Crippen LogP contribution in [0.3, 0.4) is 0 Å². The molecule has 0 saturated carbocycles. The fourth-order valence-electron chi connectivity index (χ4n) is 5.11. The largest absolute Gasteiger partial charge is 0.270 e. The van der Waals surface area contributed by atoms with Gasteiger partial charge in [0.1, 0.15) is 0 Å². The minimum absolute atomic E-state index is 0.267. The Morgan fingerprint density at radius 1 is 0.515 bits per heavy atom. The van der Waals surface area contributed by atoms with Crippen LogP contribution in [0.1, 0.15) is 33.4 Å². The lowest BCUT2D eigenvalue weighted by Gasteiger charge is -2.34. The monoisotopic (exact) mass is 482 g/mol. The minimum Gasteiger partial charge on any atom is -0.188 e. The molecular weight excluding hydrogens is 462 g/mol. The molecule has 0 spiro atoms. The van der Waals surface area contributed by atoms with Crippen LogP contribution in [0, 0.1) is 0 Å². The van der Waals surface area contributed by atoms with Crippen molar-refractivity contribution in [3.05, 3.63) is 130 Å². The van der Waals surface area contributed by atoms with Gasteiger partial charge in [0.2, 0.25) is 0 Å². The van der Waals surface area contributed by atoms with Crippen molar-refractivity contribution in [1.82, 2.24) is 0 Å². The number of halogens is 4. The molecule has 0 nitrogen and oxygen atoms in total. The van der Waals surface area contributed by atoms with Crippen LogP contribution in [0.2, 0.25) is 0 Å². The molecule has 0 radical (unpaired) electrons. The average Bonchev–Trinajstić information content (AvgIpc) is 3.10. The van der Waals surface area contributed by atoms with Gasteiger partial charge in [-0.25, -0.2) is 0 Å². The fourth-order valence-corrected chi connectivity index (χ4v) is 6.05. The third-order valence-corrected chi connectivity index (χ3v) is 7.48. The molecule has 0 unspecified atom stereocenters. The smallest absolute Gasteiger partial charge is 0.188 e. The molecule has 1 aliphatic rings. The van der Waals surface area contributed by atoms with Crippen molar-refractivity contribution < 1.29 is 16.8 Å². The van der Waals surface area contributed by atoms with E-state index in [1.165, 1.54) is 0 Å². The van der Waals surface area contributed by atoms with E-state index >= 15 is 0 Å². The van der Waals surface area contributed by atoms with Crippen LogP contribution in [0.25, 0.3) is 11.1 Å². The van der Waals surface area contributed by atoms with E-state index in [1.54, 1.807) is 12.1 Å². The molecule has 0 bridgehead atoms. The predicted molar refractivity (Wildman–Crippen MR) is 129 cm³/mol. The SMILES string of the molecule is FP(F)Cc1cccc(C2(c3cccc(CP(F)F)c3)c3ccccc3-c3ccccc32)c1.